The Balaban J connectivity index is 2.43. The minimum Gasteiger partial charge on any atom is -0.242 e. The van der Waals surface area contributed by atoms with E-state index in [9.17, 15) is 4.21 Å². The number of benzene rings is 1. The topological polar surface area (TPSA) is 29.1 Å². The van der Waals surface area contributed by atoms with Crippen molar-refractivity contribution in [1.29, 1.82) is 0 Å². The van der Waals surface area contributed by atoms with Gasteiger partial charge in [-0.1, -0.05) is 43.9 Å². The molecule has 0 unspecified atom stereocenters. The van der Waals surface area contributed by atoms with Crippen LogP contribution in [0.1, 0.15) is 51.2 Å². The van der Waals surface area contributed by atoms with Gasteiger partial charge in [-0.15, -0.1) is 11.5 Å². The molecule has 0 radical (unpaired) electrons. The number of hydrogen-bond donors (Lipinski definition) is 1. The molecule has 0 saturated heterocycles. The van der Waals surface area contributed by atoms with Gasteiger partial charge in [0.1, 0.15) is 8.07 Å². The second-order valence-corrected chi connectivity index (χ2v) is 15.5. The van der Waals surface area contributed by atoms with Crippen molar-refractivity contribution in [3.8, 4) is 11.5 Å². The normalized spacial score (nSPS) is 22.2. The van der Waals surface area contributed by atoms with Crippen LogP contribution in [0.3, 0.4) is 0 Å². The standard InChI is InChI=1S/C20H31NOSSi/c1-19(2,3)23(22)21-20(15-10-16-24(4,5)6)14-9-12-17-11-7-8-13-18(17)20/h7-8,11,13,21H,9,12,14-15H2,1-6H3/t20-,23+/m0/s1. The Kier molecular flexibility index (Phi) is 5.79. The molecule has 132 valence electrons. The van der Waals surface area contributed by atoms with Gasteiger partial charge in [-0.3, -0.25) is 0 Å². The van der Waals surface area contributed by atoms with Gasteiger partial charge in [-0.05, 0) is 51.2 Å². The highest BCUT2D eigenvalue weighted by atomic mass is 32.2. The number of nitrogens with one attached hydrogen (secondary N) is 1. The molecule has 0 spiro atoms. The van der Waals surface area contributed by atoms with Gasteiger partial charge in [0, 0.05) is 6.42 Å². The molecule has 0 fully saturated rings. The van der Waals surface area contributed by atoms with Crippen molar-refractivity contribution in [2.45, 2.75) is 76.4 Å². The molecule has 24 heavy (non-hydrogen) atoms. The van der Waals surface area contributed by atoms with E-state index in [1.807, 2.05) is 20.8 Å². The van der Waals surface area contributed by atoms with Crippen LogP contribution < -0.4 is 4.72 Å². The molecule has 1 aliphatic carbocycles. The van der Waals surface area contributed by atoms with Crippen LogP contribution in [-0.2, 0) is 22.9 Å². The van der Waals surface area contributed by atoms with Crippen molar-refractivity contribution >= 4 is 19.1 Å². The van der Waals surface area contributed by atoms with Gasteiger partial charge < -0.3 is 0 Å². The van der Waals surface area contributed by atoms with Crippen molar-refractivity contribution < 1.29 is 4.21 Å². The average Bonchev–Trinajstić information content (AvgIpc) is 2.45. The Morgan fingerprint density at radius 3 is 2.54 bits per heavy atom. The maximum atomic E-state index is 12.9. The molecule has 2 atom stereocenters. The Morgan fingerprint density at radius 2 is 1.92 bits per heavy atom. The summed E-state index contributed by atoms with van der Waals surface area (Å²) >= 11 is 0. The number of rotatable bonds is 3. The Hall–Kier alpha value is -0.893. The lowest BCUT2D eigenvalue weighted by atomic mass is 9.75. The lowest BCUT2D eigenvalue weighted by Gasteiger charge is -2.40. The minimum atomic E-state index is -1.41. The fourth-order valence-electron chi connectivity index (χ4n) is 3.04. The SMILES string of the molecule is CC(C)(C)[S@@](=O)N[C@]1(CC#C[Si](C)(C)C)CCCc2ccccc21. The first-order valence-electron chi connectivity index (χ1n) is 8.82. The van der Waals surface area contributed by atoms with E-state index in [-0.39, 0.29) is 10.3 Å². The summed E-state index contributed by atoms with van der Waals surface area (Å²) in [7, 11) is -2.52. The Bertz CT molecular complexity index is 675. The first-order chi connectivity index (χ1) is 11.0. The largest absolute Gasteiger partial charge is 0.242 e. The number of fused-ring (bicyclic) bond motifs is 1. The van der Waals surface area contributed by atoms with Crippen molar-refractivity contribution in [2.75, 3.05) is 0 Å². The summed E-state index contributed by atoms with van der Waals surface area (Å²) in [6.45, 7) is 12.9. The summed E-state index contributed by atoms with van der Waals surface area (Å²) < 4.78 is 16.1. The van der Waals surface area contributed by atoms with Crippen molar-refractivity contribution in [2.24, 2.45) is 0 Å². The predicted octanol–water partition coefficient (Wildman–Crippen LogP) is 4.54. The third-order valence-electron chi connectivity index (χ3n) is 4.28. The van der Waals surface area contributed by atoms with Crippen molar-refractivity contribution in [3.05, 3.63) is 35.4 Å². The molecule has 0 amide bonds. The number of aryl methyl sites for hydroxylation is 1. The van der Waals surface area contributed by atoms with Gasteiger partial charge in [-0.2, -0.15) is 0 Å². The molecule has 0 bridgehead atoms. The van der Waals surface area contributed by atoms with Crippen LogP contribution in [-0.4, -0.2) is 17.0 Å². The highest BCUT2D eigenvalue weighted by Gasteiger charge is 2.39. The maximum absolute atomic E-state index is 12.9. The van der Waals surface area contributed by atoms with Gasteiger partial charge in [0.25, 0.3) is 0 Å². The lowest BCUT2D eigenvalue weighted by Crippen LogP contribution is -2.49. The third-order valence-corrected chi connectivity index (χ3v) is 6.90. The Morgan fingerprint density at radius 1 is 1.25 bits per heavy atom. The van der Waals surface area contributed by atoms with E-state index in [0.29, 0.717) is 0 Å². The van der Waals surface area contributed by atoms with Crippen LogP contribution in [0.4, 0.5) is 0 Å². The van der Waals surface area contributed by atoms with E-state index in [0.717, 1.165) is 25.7 Å². The van der Waals surface area contributed by atoms with Crippen LogP contribution in [0.2, 0.25) is 19.6 Å². The van der Waals surface area contributed by atoms with E-state index >= 15 is 0 Å². The quantitative estimate of drug-likeness (QED) is 0.621. The third kappa shape index (κ3) is 4.81. The molecule has 0 heterocycles. The van der Waals surface area contributed by atoms with E-state index in [1.165, 1.54) is 11.1 Å². The van der Waals surface area contributed by atoms with E-state index in [1.54, 1.807) is 0 Å². The summed E-state index contributed by atoms with van der Waals surface area (Å²) in [5.41, 5.74) is 5.86. The van der Waals surface area contributed by atoms with Crippen LogP contribution in [0.5, 0.6) is 0 Å². The van der Waals surface area contributed by atoms with E-state index in [4.69, 9.17) is 0 Å². The second-order valence-electron chi connectivity index (χ2n) is 8.80. The molecule has 0 saturated carbocycles. The fraction of sp³-hybridized carbons (Fsp3) is 0.600. The Labute approximate surface area is 151 Å². The summed E-state index contributed by atoms with van der Waals surface area (Å²) in [6, 6.07) is 8.59. The van der Waals surface area contributed by atoms with Gasteiger partial charge >= 0.3 is 0 Å². The molecule has 0 aliphatic heterocycles. The van der Waals surface area contributed by atoms with Gasteiger partial charge in [-0.25, -0.2) is 8.93 Å². The first kappa shape index (κ1) is 19.4. The molecule has 2 nitrogen and oxygen atoms in total. The molecule has 1 aromatic carbocycles. The molecule has 1 aliphatic rings. The summed E-state index contributed by atoms with van der Waals surface area (Å²) in [6.07, 6.45) is 3.94. The predicted molar refractivity (Wildman–Crippen MR) is 108 cm³/mol. The van der Waals surface area contributed by atoms with E-state index < -0.39 is 19.1 Å². The first-order valence-corrected chi connectivity index (χ1v) is 13.5. The molecular formula is C20H31NOSSi. The zero-order chi connectivity index (χ0) is 18.0. The number of hydrogen-bond acceptors (Lipinski definition) is 1. The van der Waals surface area contributed by atoms with Crippen molar-refractivity contribution in [1.82, 2.24) is 4.72 Å². The van der Waals surface area contributed by atoms with E-state index in [2.05, 4.69) is 60.1 Å². The summed E-state index contributed by atoms with van der Waals surface area (Å²) in [5.74, 6) is 3.45. The zero-order valence-corrected chi connectivity index (χ0v) is 17.8. The molecule has 2 rings (SSSR count). The lowest BCUT2D eigenvalue weighted by molar-refractivity contribution is 0.345. The molecule has 1 N–H and O–H groups in total. The van der Waals surface area contributed by atoms with Gasteiger partial charge in [0.15, 0.2) is 0 Å². The average molecular weight is 362 g/mol. The van der Waals surface area contributed by atoms with Gasteiger partial charge in [0.2, 0.25) is 0 Å². The molecular weight excluding hydrogens is 330 g/mol. The monoisotopic (exact) mass is 361 g/mol. The fourth-order valence-corrected chi connectivity index (χ4v) is 4.60. The van der Waals surface area contributed by atoms with Crippen LogP contribution in [0, 0.1) is 11.5 Å². The molecule has 1 aromatic rings. The summed E-state index contributed by atoms with van der Waals surface area (Å²) in [5, 5.41) is 0. The highest BCUT2D eigenvalue weighted by molar-refractivity contribution is 7.84. The van der Waals surface area contributed by atoms with Crippen LogP contribution >= 0.6 is 0 Å². The smallest absolute Gasteiger partial charge is 0.129 e. The second kappa shape index (κ2) is 7.15. The van der Waals surface area contributed by atoms with Gasteiger partial charge in [0.05, 0.1) is 21.3 Å². The molecule has 0 aromatic heterocycles. The van der Waals surface area contributed by atoms with Crippen molar-refractivity contribution in [3.63, 3.8) is 0 Å². The maximum Gasteiger partial charge on any atom is 0.129 e. The minimum absolute atomic E-state index is 0.286. The van der Waals surface area contributed by atoms with Crippen LogP contribution in [0.15, 0.2) is 24.3 Å². The summed E-state index contributed by atoms with van der Waals surface area (Å²) in [4.78, 5) is 0. The highest BCUT2D eigenvalue weighted by Crippen LogP contribution is 2.38. The zero-order valence-electron chi connectivity index (χ0n) is 16.0. The molecule has 4 heteroatoms. The van der Waals surface area contributed by atoms with Crippen LogP contribution in [0.25, 0.3) is 0 Å².